The van der Waals surface area contributed by atoms with Crippen molar-refractivity contribution in [2.24, 2.45) is 5.41 Å². The zero-order valence-corrected chi connectivity index (χ0v) is 11.3. The molecule has 1 saturated carbocycles. The van der Waals surface area contributed by atoms with Gasteiger partial charge in [-0.05, 0) is 50.2 Å². The van der Waals surface area contributed by atoms with Crippen LogP contribution in [-0.2, 0) is 4.74 Å². The van der Waals surface area contributed by atoms with Crippen LogP contribution in [0.15, 0.2) is 0 Å². The SMILES string of the molecule is CCOCCCNC(=S)NCC1(CC)CC1. The first-order chi connectivity index (χ1) is 7.72. The first kappa shape index (κ1) is 13.7. The normalized spacial score (nSPS) is 16.9. The van der Waals surface area contributed by atoms with Crippen LogP contribution in [0.2, 0.25) is 0 Å². The zero-order chi connectivity index (χ0) is 11.9. The number of hydrogen-bond acceptors (Lipinski definition) is 2. The van der Waals surface area contributed by atoms with Crippen molar-refractivity contribution in [1.82, 2.24) is 10.6 Å². The van der Waals surface area contributed by atoms with Gasteiger partial charge in [0.2, 0.25) is 0 Å². The van der Waals surface area contributed by atoms with Gasteiger partial charge in [0.15, 0.2) is 5.11 Å². The van der Waals surface area contributed by atoms with Gasteiger partial charge in [-0.25, -0.2) is 0 Å². The average Bonchev–Trinajstić information content (AvgIpc) is 3.07. The molecule has 4 heteroatoms. The maximum atomic E-state index is 5.25. The predicted molar refractivity (Wildman–Crippen MR) is 71.7 cm³/mol. The van der Waals surface area contributed by atoms with E-state index < -0.39 is 0 Å². The molecule has 0 aromatic carbocycles. The molecule has 1 fully saturated rings. The smallest absolute Gasteiger partial charge is 0.166 e. The molecule has 0 atom stereocenters. The highest BCUT2D eigenvalue weighted by Crippen LogP contribution is 2.47. The summed E-state index contributed by atoms with van der Waals surface area (Å²) in [6.45, 7) is 7.80. The number of ether oxygens (including phenoxy) is 1. The Hall–Kier alpha value is -0.350. The molecule has 0 aromatic rings. The van der Waals surface area contributed by atoms with E-state index in [1.165, 1.54) is 19.3 Å². The second-order valence-corrected chi connectivity index (χ2v) is 4.92. The maximum absolute atomic E-state index is 5.25. The van der Waals surface area contributed by atoms with E-state index in [9.17, 15) is 0 Å². The Morgan fingerprint density at radius 2 is 2.06 bits per heavy atom. The molecule has 0 aliphatic heterocycles. The summed E-state index contributed by atoms with van der Waals surface area (Å²) in [7, 11) is 0. The van der Waals surface area contributed by atoms with E-state index in [1.54, 1.807) is 0 Å². The molecule has 0 saturated heterocycles. The van der Waals surface area contributed by atoms with Crippen molar-refractivity contribution in [3.63, 3.8) is 0 Å². The fraction of sp³-hybridized carbons (Fsp3) is 0.917. The molecule has 94 valence electrons. The van der Waals surface area contributed by atoms with Gasteiger partial charge in [-0.15, -0.1) is 0 Å². The Kier molecular flexibility index (Phi) is 6.06. The fourth-order valence-corrected chi connectivity index (χ4v) is 1.86. The van der Waals surface area contributed by atoms with Gasteiger partial charge < -0.3 is 15.4 Å². The van der Waals surface area contributed by atoms with E-state index in [0.717, 1.165) is 37.8 Å². The Morgan fingerprint density at radius 3 is 2.62 bits per heavy atom. The van der Waals surface area contributed by atoms with Crippen molar-refractivity contribution in [2.75, 3.05) is 26.3 Å². The van der Waals surface area contributed by atoms with Gasteiger partial charge in [0.1, 0.15) is 0 Å². The van der Waals surface area contributed by atoms with E-state index in [2.05, 4.69) is 17.6 Å². The van der Waals surface area contributed by atoms with Crippen molar-refractivity contribution in [3.05, 3.63) is 0 Å². The lowest BCUT2D eigenvalue weighted by atomic mass is 10.0. The number of rotatable bonds is 8. The molecular formula is C12H24N2OS. The van der Waals surface area contributed by atoms with Crippen molar-refractivity contribution >= 4 is 17.3 Å². The van der Waals surface area contributed by atoms with Crippen molar-refractivity contribution in [3.8, 4) is 0 Å². The minimum Gasteiger partial charge on any atom is -0.382 e. The number of thiocarbonyl (C=S) groups is 1. The monoisotopic (exact) mass is 244 g/mol. The summed E-state index contributed by atoms with van der Waals surface area (Å²) in [4.78, 5) is 0. The van der Waals surface area contributed by atoms with E-state index in [-0.39, 0.29) is 0 Å². The average molecular weight is 244 g/mol. The molecule has 0 amide bonds. The summed E-state index contributed by atoms with van der Waals surface area (Å²) in [6, 6.07) is 0. The number of nitrogens with one attached hydrogen (secondary N) is 2. The minimum absolute atomic E-state index is 0.553. The van der Waals surface area contributed by atoms with Gasteiger partial charge >= 0.3 is 0 Å². The van der Waals surface area contributed by atoms with Gasteiger partial charge in [-0.2, -0.15) is 0 Å². The maximum Gasteiger partial charge on any atom is 0.166 e. The van der Waals surface area contributed by atoms with E-state index in [4.69, 9.17) is 17.0 Å². The first-order valence-corrected chi connectivity index (χ1v) is 6.73. The zero-order valence-electron chi connectivity index (χ0n) is 10.5. The molecule has 1 aliphatic rings. The molecule has 2 N–H and O–H groups in total. The Labute approximate surface area is 104 Å². The van der Waals surface area contributed by atoms with Crippen LogP contribution in [0.4, 0.5) is 0 Å². The Bertz CT molecular complexity index is 217. The van der Waals surface area contributed by atoms with E-state index in [1.807, 2.05) is 6.92 Å². The minimum atomic E-state index is 0.553. The lowest BCUT2D eigenvalue weighted by Gasteiger charge is -2.16. The highest BCUT2D eigenvalue weighted by atomic mass is 32.1. The molecule has 3 nitrogen and oxygen atoms in total. The molecule has 0 spiro atoms. The third-order valence-electron chi connectivity index (χ3n) is 3.29. The van der Waals surface area contributed by atoms with Crippen LogP contribution in [0.1, 0.15) is 39.5 Å². The van der Waals surface area contributed by atoms with Crippen molar-refractivity contribution in [2.45, 2.75) is 39.5 Å². The van der Waals surface area contributed by atoms with Gasteiger partial charge in [0.05, 0.1) is 0 Å². The summed E-state index contributed by atoms with van der Waals surface area (Å²) in [5, 5.41) is 7.30. The van der Waals surface area contributed by atoms with Gasteiger partial charge in [-0.1, -0.05) is 6.92 Å². The third kappa shape index (κ3) is 5.12. The van der Waals surface area contributed by atoms with Crippen LogP contribution in [0.5, 0.6) is 0 Å². The first-order valence-electron chi connectivity index (χ1n) is 6.32. The summed E-state index contributed by atoms with van der Waals surface area (Å²) in [5.41, 5.74) is 0.553. The summed E-state index contributed by atoms with van der Waals surface area (Å²) < 4.78 is 5.25. The second kappa shape index (κ2) is 7.07. The summed E-state index contributed by atoms with van der Waals surface area (Å²) in [6.07, 6.45) is 4.97. The molecule has 0 aromatic heterocycles. The Balaban J connectivity index is 1.95. The van der Waals surface area contributed by atoms with E-state index >= 15 is 0 Å². The standard InChI is InChI=1S/C12H24N2OS/c1-3-12(6-7-12)10-14-11(16)13-8-5-9-15-4-2/h3-10H2,1-2H3,(H2,13,14,16). The van der Waals surface area contributed by atoms with Gasteiger partial charge in [0, 0.05) is 26.3 Å². The van der Waals surface area contributed by atoms with Gasteiger partial charge in [0.25, 0.3) is 0 Å². The van der Waals surface area contributed by atoms with Crippen LogP contribution >= 0.6 is 12.2 Å². The predicted octanol–water partition coefficient (Wildman–Crippen LogP) is 2.07. The van der Waals surface area contributed by atoms with Crippen LogP contribution in [-0.4, -0.2) is 31.4 Å². The van der Waals surface area contributed by atoms with Crippen LogP contribution < -0.4 is 10.6 Å². The Morgan fingerprint density at radius 1 is 1.31 bits per heavy atom. The molecule has 1 rings (SSSR count). The highest BCUT2D eigenvalue weighted by Gasteiger charge is 2.40. The van der Waals surface area contributed by atoms with E-state index in [0.29, 0.717) is 5.41 Å². The summed E-state index contributed by atoms with van der Waals surface area (Å²) in [5.74, 6) is 0. The second-order valence-electron chi connectivity index (χ2n) is 4.51. The largest absolute Gasteiger partial charge is 0.382 e. The summed E-state index contributed by atoms with van der Waals surface area (Å²) >= 11 is 5.21. The molecule has 0 bridgehead atoms. The molecule has 0 heterocycles. The topological polar surface area (TPSA) is 33.3 Å². The van der Waals surface area contributed by atoms with Gasteiger partial charge in [-0.3, -0.25) is 0 Å². The molecule has 0 radical (unpaired) electrons. The lowest BCUT2D eigenvalue weighted by molar-refractivity contribution is 0.145. The third-order valence-corrected chi connectivity index (χ3v) is 3.57. The lowest BCUT2D eigenvalue weighted by Crippen LogP contribution is -2.39. The van der Waals surface area contributed by atoms with Crippen LogP contribution in [0.3, 0.4) is 0 Å². The molecule has 16 heavy (non-hydrogen) atoms. The number of hydrogen-bond donors (Lipinski definition) is 2. The quantitative estimate of drug-likeness (QED) is 0.506. The van der Waals surface area contributed by atoms with Crippen molar-refractivity contribution in [1.29, 1.82) is 0 Å². The van der Waals surface area contributed by atoms with Crippen molar-refractivity contribution < 1.29 is 4.74 Å². The molecule has 1 aliphatic carbocycles. The molecule has 0 unspecified atom stereocenters. The highest BCUT2D eigenvalue weighted by molar-refractivity contribution is 7.80. The van der Waals surface area contributed by atoms with Crippen LogP contribution in [0, 0.1) is 5.41 Å². The fourth-order valence-electron chi connectivity index (χ4n) is 1.68. The van der Waals surface area contributed by atoms with Crippen LogP contribution in [0.25, 0.3) is 0 Å². The molecular weight excluding hydrogens is 220 g/mol.